The molecule has 3 heterocycles. The predicted octanol–water partition coefficient (Wildman–Crippen LogP) is 6.84. The van der Waals surface area contributed by atoms with Crippen molar-refractivity contribution < 1.29 is 9.18 Å². The molecular formula is C37H43ClFN7O2. The fourth-order valence-corrected chi connectivity index (χ4v) is 7.90. The van der Waals surface area contributed by atoms with Crippen molar-refractivity contribution in [3.05, 3.63) is 75.4 Å². The highest BCUT2D eigenvalue weighted by molar-refractivity contribution is 6.33. The Kier molecular flexibility index (Phi) is 9.38. The molecular weight excluding hydrogens is 629 g/mol. The van der Waals surface area contributed by atoms with Crippen LogP contribution < -0.4 is 21.1 Å². The van der Waals surface area contributed by atoms with E-state index in [2.05, 4.69) is 44.6 Å². The largest absolute Gasteiger partial charge is 0.369 e. The van der Waals surface area contributed by atoms with Crippen LogP contribution in [0.1, 0.15) is 63.0 Å². The molecule has 2 N–H and O–H groups in total. The number of benzene rings is 2. The van der Waals surface area contributed by atoms with Crippen molar-refractivity contribution in [1.82, 2.24) is 24.8 Å². The summed E-state index contributed by atoms with van der Waals surface area (Å²) in [5.41, 5.74) is 3.66. The minimum atomic E-state index is -0.576. The Balaban J connectivity index is 1.20. The van der Waals surface area contributed by atoms with Crippen molar-refractivity contribution in [2.45, 2.75) is 70.4 Å². The molecule has 4 aromatic rings. The van der Waals surface area contributed by atoms with Gasteiger partial charge in [0.2, 0.25) is 11.9 Å². The first kappa shape index (κ1) is 32.5. The van der Waals surface area contributed by atoms with Crippen LogP contribution in [-0.2, 0) is 4.79 Å². The molecule has 2 aromatic carbocycles. The quantitative estimate of drug-likeness (QED) is 0.222. The van der Waals surface area contributed by atoms with E-state index in [9.17, 15) is 14.0 Å². The first-order valence-electron chi connectivity index (χ1n) is 17.2. The number of amides is 1. The van der Waals surface area contributed by atoms with E-state index in [4.69, 9.17) is 16.6 Å². The highest BCUT2D eigenvalue weighted by atomic mass is 35.5. The number of likely N-dealkylation sites (N-methyl/N-ethyl adjacent to an activating group) is 1. The standard InChI is InChI=1S/C37H43ClFN7O2/c1-23-30-22-40-37(42-26-10-14-27(15-11-26)45-20-18-44(2)19-21-45)43-34(30)46(36(48)32(23)29-8-5-9-31(39)33(29)38)28-16-12-25(13-17-28)41-35(47)24-6-3-4-7-24/h5,8-11,14-15,22,24-25,28H,3-4,6-7,12-13,16-21H2,1-2H3,(H,41,47)(H,40,42,43). The molecule has 48 heavy (non-hydrogen) atoms. The van der Waals surface area contributed by atoms with Crippen LogP contribution in [0.3, 0.4) is 0 Å². The van der Waals surface area contributed by atoms with Crippen LogP contribution in [0.25, 0.3) is 22.2 Å². The second-order valence-corrected chi connectivity index (χ2v) is 14.0. The van der Waals surface area contributed by atoms with E-state index >= 15 is 0 Å². The van der Waals surface area contributed by atoms with Gasteiger partial charge in [0.05, 0.1) is 10.6 Å². The van der Waals surface area contributed by atoms with E-state index in [0.29, 0.717) is 46.5 Å². The summed E-state index contributed by atoms with van der Waals surface area (Å²) in [7, 11) is 2.15. The first-order valence-corrected chi connectivity index (χ1v) is 17.6. The zero-order valence-electron chi connectivity index (χ0n) is 27.6. The second-order valence-electron chi connectivity index (χ2n) is 13.7. The van der Waals surface area contributed by atoms with Crippen molar-refractivity contribution in [2.75, 3.05) is 43.4 Å². The van der Waals surface area contributed by atoms with E-state index < -0.39 is 5.82 Å². The zero-order valence-corrected chi connectivity index (χ0v) is 28.4. The van der Waals surface area contributed by atoms with Gasteiger partial charge >= 0.3 is 0 Å². The van der Waals surface area contributed by atoms with Crippen molar-refractivity contribution in [2.24, 2.45) is 5.92 Å². The van der Waals surface area contributed by atoms with E-state index in [1.54, 1.807) is 22.9 Å². The lowest BCUT2D eigenvalue weighted by molar-refractivity contribution is -0.125. The van der Waals surface area contributed by atoms with Gasteiger partial charge in [-0.2, -0.15) is 4.98 Å². The van der Waals surface area contributed by atoms with Crippen LogP contribution in [0.15, 0.2) is 53.5 Å². The molecule has 7 rings (SSSR count). The van der Waals surface area contributed by atoms with Crippen LogP contribution in [0.4, 0.5) is 21.7 Å². The molecule has 2 aromatic heterocycles. The molecule has 0 bridgehead atoms. The number of anilines is 3. The highest BCUT2D eigenvalue weighted by Crippen LogP contribution is 2.36. The van der Waals surface area contributed by atoms with E-state index in [0.717, 1.165) is 70.4 Å². The molecule has 1 aliphatic heterocycles. The number of pyridine rings is 1. The molecule has 1 saturated heterocycles. The van der Waals surface area contributed by atoms with Crippen LogP contribution in [0, 0.1) is 18.7 Å². The Hall–Kier alpha value is -4.02. The first-order chi connectivity index (χ1) is 23.3. The number of aryl methyl sites for hydroxylation is 1. The van der Waals surface area contributed by atoms with Gasteiger partial charge in [0.25, 0.3) is 5.56 Å². The van der Waals surface area contributed by atoms with Gasteiger partial charge < -0.3 is 20.4 Å². The van der Waals surface area contributed by atoms with Crippen molar-refractivity contribution in [3.63, 3.8) is 0 Å². The number of aromatic nitrogens is 3. The van der Waals surface area contributed by atoms with Gasteiger partial charge in [-0.05, 0) is 88.4 Å². The number of halogens is 2. The summed E-state index contributed by atoms with van der Waals surface area (Å²) in [4.78, 5) is 41.7. The molecule has 3 fully saturated rings. The Morgan fingerprint density at radius 2 is 1.67 bits per heavy atom. The zero-order chi connectivity index (χ0) is 33.4. The van der Waals surface area contributed by atoms with E-state index in [1.807, 2.05) is 19.1 Å². The van der Waals surface area contributed by atoms with Gasteiger partial charge in [0.1, 0.15) is 11.5 Å². The number of nitrogens with one attached hydrogen (secondary N) is 2. The number of carbonyl (C=O) groups is 1. The van der Waals surface area contributed by atoms with Crippen LogP contribution in [-0.4, -0.2) is 64.6 Å². The third-order valence-electron chi connectivity index (χ3n) is 10.6. The maximum atomic E-state index is 14.6. The number of hydrogen-bond donors (Lipinski definition) is 2. The number of fused-ring (bicyclic) bond motifs is 1. The van der Waals surface area contributed by atoms with Gasteiger partial charge in [-0.15, -0.1) is 0 Å². The van der Waals surface area contributed by atoms with Gasteiger partial charge in [-0.1, -0.05) is 36.6 Å². The fourth-order valence-electron chi connectivity index (χ4n) is 7.68. The van der Waals surface area contributed by atoms with Gasteiger partial charge in [0, 0.05) is 72.7 Å². The molecule has 1 amide bonds. The Labute approximate surface area is 285 Å². The second kappa shape index (κ2) is 13.8. The molecule has 2 aliphatic carbocycles. The normalized spacial score (nSPS) is 20.7. The summed E-state index contributed by atoms with van der Waals surface area (Å²) >= 11 is 6.46. The molecule has 0 atom stereocenters. The van der Waals surface area contributed by atoms with Crippen LogP contribution in [0.2, 0.25) is 5.02 Å². The van der Waals surface area contributed by atoms with E-state index in [-0.39, 0.29) is 34.5 Å². The average molecular weight is 672 g/mol. The maximum absolute atomic E-state index is 14.6. The summed E-state index contributed by atoms with van der Waals surface area (Å²) in [5, 5.41) is 7.24. The van der Waals surface area contributed by atoms with Crippen molar-refractivity contribution in [3.8, 4) is 11.1 Å². The number of carbonyl (C=O) groups excluding carboxylic acids is 1. The maximum Gasteiger partial charge on any atom is 0.260 e. The molecule has 0 unspecified atom stereocenters. The third kappa shape index (κ3) is 6.52. The summed E-state index contributed by atoms with van der Waals surface area (Å²) in [6.07, 6.45) is 8.82. The van der Waals surface area contributed by atoms with Crippen LogP contribution >= 0.6 is 11.6 Å². The summed E-state index contributed by atoms with van der Waals surface area (Å²) in [6.45, 7) is 5.90. The molecule has 0 radical (unpaired) electrons. The average Bonchev–Trinajstić information content (AvgIpc) is 3.64. The topological polar surface area (TPSA) is 95.4 Å². The van der Waals surface area contributed by atoms with E-state index in [1.165, 1.54) is 11.8 Å². The highest BCUT2D eigenvalue weighted by Gasteiger charge is 2.31. The van der Waals surface area contributed by atoms with Gasteiger partial charge in [-0.25, -0.2) is 9.37 Å². The lowest BCUT2D eigenvalue weighted by Gasteiger charge is -2.34. The SMILES string of the molecule is Cc1c(-c2cccc(F)c2Cl)c(=O)n(C2CCC(NC(=O)C3CCCC3)CC2)c2nc(Nc3ccc(N4CCN(C)CC4)cc3)ncc12. The molecule has 11 heteroatoms. The summed E-state index contributed by atoms with van der Waals surface area (Å²) in [6, 6.07) is 12.7. The molecule has 3 aliphatic rings. The van der Waals surface area contributed by atoms with Crippen LogP contribution in [0.5, 0.6) is 0 Å². The fraction of sp³-hybridized carbons (Fsp3) is 0.459. The molecule has 9 nitrogen and oxygen atoms in total. The molecule has 0 spiro atoms. The summed E-state index contributed by atoms with van der Waals surface area (Å²) in [5.74, 6) is 0.0940. The van der Waals surface area contributed by atoms with Gasteiger partial charge in [0.15, 0.2) is 0 Å². The number of hydrogen-bond acceptors (Lipinski definition) is 7. The van der Waals surface area contributed by atoms with Crippen molar-refractivity contribution >= 4 is 45.9 Å². The Morgan fingerprint density at radius 3 is 2.38 bits per heavy atom. The number of nitrogens with zero attached hydrogens (tertiary/aromatic N) is 5. The Morgan fingerprint density at radius 1 is 0.958 bits per heavy atom. The summed E-state index contributed by atoms with van der Waals surface area (Å²) < 4.78 is 16.4. The minimum Gasteiger partial charge on any atom is -0.369 e. The van der Waals surface area contributed by atoms with Gasteiger partial charge in [-0.3, -0.25) is 14.2 Å². The number of piperazine rings is 1. The third-order valence-corrected chi connectivity index (χ3v) is 10.9. The lowest BCUT2D eigenvalue weighted by Crippen LogP contribution is -2.44. The lowest BCUT2D eigenvalue weighted by atomic mass is 9.89. The minimum absolute atomic E-state index is 0.0823. The van der Waals surface area contributed by atoms with Crippen molar-refractivity contribution in [1.29, 1.82) is 0 Å². The monoisotopic (exact) mass is 671 g/mol. The smallest absolute Gasteiger partial charge is 0.260 e. The number of rotatable bonds is 7. The Bertz CT molecular complexity index is 1860. The molecule has 252 valence electrons. The molecule has 2 saturated carbocycles. The predicted molar refractivity (Wildman–Crippen MR) is 190 cm³/mol.